The van der Waals surface area contributed by atoms with Crippen LogP contribution in [0.25, 0.3) is 0 Å². The molecule has 12 heteroatoms. The van der Waals surface area contributed by atoms with E-state index >= 15 is 0 Å². The smallest absolute Gasteiger partial charge is 0.307 e. The van der Waals surface area contributed by atoms with Gasteiger partial charge in [0.25, 0.3) is 0 Å². The minimum atomic E-state index is -0.783. The van der Waals surface area contributed by atoms with Crippen molar-refractivity contribution in [3.8, 4) is 0 Å². The first-order chi connectivity index (χ1) is 9.07. The van der Waals surface area contributed by atoms with Crippen LogP contribution >= 0.6 is 0 Å². The molecule has 0 aromatic rings. The summed E-state index contributed by atoms with van der Waals surface area (Å²) in [5.74, 6) is -1.25. The van der Waals surface area contributed by atoms with Gasteiger partial charge in [-0.05, 0) is 11.8 Å². The van der Waals surface area contributed by atoms with Crippen LogP contribution in [0, 0.1) is 29.4 Å². The molecule has 3 atom stereocenters. The summed E-state index contributed by atoms with van der Waals surface area (Å²) in [5, 5.41) is 18.2. The zero-order valence-electron chi connectivity index (χ0n) is 17.1. The van der Waals surface area contributed by atoms with E-state index < -0.39 is 5.97 Å². The van der Waals surface area contributed by atoms with Crippen LogP contribution in [-0.4, -0.2) is 22.8 Å². The van der Waals surface area contributed by atoms with E-state index in [2.05, 4.69) is 19.1 Å². The number of rotatable bonds is 9. The van der Waals surface area contributed by atoms with Crippen molar-refractivity contribution in [2.75, 3.05) is 6.61 Å². The number of hydrogen-bond acceptors (Lipinski definition) is 2. The Morgan fingerprint density at radius 3 is 1.75 bits per heavy atom. The number of aliphatic hydroxyl groups is 1. The Balaban J connectivity index is -0.0000000573. The van der Waals surface area contributed by atoms with Gasteiger partial charge in [0.1, 0.15) is 0 Å². The van der Waals surface area contributed by atoms with Gasteiger partial charge in [0.05, 0.1) is 5.92 Å². The van der Waals surface area contributed by atoms with Crippen molar-refractivity contribution in [2.45, 2.75) is 46.0 Å². The van der Waals surface area contributed by atoms with Gasteiger partial charge >= 0.3 is 5.97 Å². The summed E-state index contributed by atoms with van der Waals surface area (Å²) in [6, 6.07) is 0. The number of unbranched alkanes of at least 4 members (excludes halogenated alkanes) is 1. The van der Waals surface area contributed by atoms with Crippen LogP contribution in [-0.2, 0) is 299 Å². The largest absolute Gasteiger partial charge is 0.501 e. The summed E-state index contributed by atoms with van der Waals surface area (Å²) < 4.78 is 0. The number of aliphatic carboxylic acids is 1. The third kappa shape index (κ3) is 25.1. The molecular formula is C16H24O3Y9-2. The number of carboxylic acids is 1. The maximum absolute atomic E-state index is 11.0. The Morgan fingerprint density at radius 1 is 0.929 bits per heavy atom. The van der Waals surface area contributed by atoms with Crippen molar-refractivity contribution in [1.29, 1.82) is 0 Å². The Labute approximate surface area is 398 Å². The predicted molar refractivity (Wildman–Crippen MR) is 74.2 cm³/mol. The first-order valence-corrected chi connectivity index (χ1v) is 7.01. The molecule has 2 N–H and O–H groups in total. The van der Waals surface area contributed by atoms with E-state index in [0.29, 0.717) is 0 Å². The summed E-state index contributed by atoms with van der Waals surface area (Å²) in [7, 11) is 0. The van der Waals surface area contributed by atoms with Crippen LogP contribution in [0.4, 0.5) is 0 Å². The van der Waals surface area contributed by atoms with Crippen LogP contribution in [0.2, 0.25) is 0 Å². The van der Waals surface area contributed by atoms with Gasteiger partial charge < -0.3 is 22.4 Å². The molecule has 1 aliphatic carbocycles. The molecule has 0 amide bonds. The third-order valence-corrected chi connectivity index (χ3v) is 4.07. The fourth-order valence-electron chi connectivity index (χ4n) is 2.76. The number of allylic oxidation sites excluding steroid dienone is 4. The molecule has 0 saturated heterocycles. The van der Waals surface area contributed by atoms with Crippen molar-refractivity contribution >= 4 is 5.97 Å². The predicted octanol–water partition coefficient (Wildman–Crippen LogP) is 2.98. The van der Waals surface area contributed by atoms with Crippen LogP contribution in [0.1, 0.15) is 46.0 Å². The quantitative estimate of drug-likeness (QED) is 0.277. The van der Waals surface area contributed by atoms with Gasteiger partial charge in [-0.2, -0.15) is 12.8 Å². The minimum absolute atomic E-state index is 0. The molecule has 0 aliphatic heterocycles. The zero-order chi connectivity index (χ0) is 14.3. The van der Waals surface area contributed by atoms with Crippen molar-refractivity contribution in [2.24, 2.45) is 17.3 Å². The van der Waals surface area contributed by atoms with Gasteiger partial charge in [-0.3, -0.25) is 16.9 Å². The van der Waals surface area contributed by atoms with Gasteiger partial charge in [0, 0.05) is 307 Å². The van der Waals surface area contributed by atoms with Gasteiger partial charge in [-0.1, -0.05) is 26.7 Å². The average molecular weight is 1060 g/mol. The fraction of sp³-hybridized carbons (Fsp3) is 0.688. The molecule has 0 aromatic carbocycles. The van der Waals surface area contributed by atoms with E-state index in [-0.39, 0.29) is 318 Å². The zero-order valence-corrected chi connectivity index (χ0v) is 42.6. The molecular weight excluding hydrogens is 1040 g/mol. The normalized spacial score (nSPS) is 20.5. The van der Waals surface area contributed by atoms with Crippen molar-refractivity contribution in [3.63, 3.8) is 0 Å². The Morgan fingerprint density at radius 2 is 1.39 bits per heavy atom. The SMILES string of the molecule is CC[C-]=CCC[C-]=CCCC1(C)C(CO)C1C(=O)O.[Y].[Y].[Y].[Y].[Y].[Y].[Y].[Y].[Y]. The van der Waals surface area contributed by atoms with Crippen molar-refractivity contribution in [1.82, 2.24) is 0 Å². The number of carboxylic acid groups (broad SMARTS) is 1. The van der Waals surface area contributed by atoms with E-state index in [9.17, 15) is 9.90 Å². The van der Waals surface area contributed by atoms with Gasteiger partial charge in [0.15, 0.2) is 0 Å². The molecule has 1 fully saturated rings. The number of aliphatic hydroxyl groups excluding tert-OH is 1. The van der Waals surface area contributed by atoms with E-state index in [0.717, 1.165) is 32.1 Å². The number of hydrogen-bond donors (Lipinski definition) is 2. The fourth-order valence-corrected chi connectivity index (χ4v) is 2.76. The maximum Gasteiger partial charge on any atom is 0.307 e. The first-order valence-electron chi connectivity index (χ1n) is 7.01. The molecule has 1 rings (SSSR count). The second-order valence-corrected chi connectivity index (χ2v) is 5.36. The first kappa shape index (κ1) is 61.1. The Kier molecular flexibility index (Phi) is 82.9. The van der Waals surface area contributed by atoms with Gasteiger partial charge in [-0.15, -0.1) is 0 Å². The van der Waals surface area contributed by atoms with E-state index in [1.54, 1.807) is 0 Å². The molecule has 1 saturated carbocycles. The molecule has 0 heterocycles. The summed E-state index contributed by atoms with van der Waals surface area (Å²) in [5.41, 5.74) is -0.241. The Hall–Kier alpha value is 8.85. The van der Waals surface area contributed by atoms with E-state index in [1.165, 1.54) is 0 Å². The second-order valence-electron chi connectivity index (χ2n) is 5.36. The summed E-state index contributed by atoms with van der Waals surface area (Å²) in [4.78, 5) is 11.0. The van der Waals surface area contributed by atoms with Gasteiger partial charge in [-0.25, -0.2) is 0 Å². The van der Waals surface area contributed by atoms with Gasteiger partial charge in [0.2, 0.25) is 0 Å². The molecule has 0 bridgehead atoms. The third-order valence-electron chi connectivity index (χ3n) is 4.07. The van der Waals surface area contributed by atoms with E-state index in [4.69, 9.17) is 5.11 Å². The number of carbonyl (C=O) groups is 1. The topological polar surface area (TPSA) is 57.5 Å². The molecule has 9 radical (unpaired) electrons. The summed E-state index contributed by atoms with van der Waals surface area (Å²) in [6.45, 7) is 3.99. The summed E-state index contributed by atoms with van der Waals surface area (Å²) in [6.07, 6.45) is 14.8. The molecule has 3 unspecified atom stereocenters. The van der Waals surface area contributed by atoms with Crippen molar-refractivity contribution in [3.05, 3.63) is 24.3 Å². The van der Waals surface area contributed by atoms with Crippen molar-refractivity contribution < 1.29 is 309 Å². The van der Waals surface area contributed by atoms with E-state index in [1.807, 2.05) is 19.1 Å². The molecule has 135 valence electrons. The molecule has 0 spiro atoms. The van der Waals surface area contributed by atoms with Crippen LogP contribution < -0.4 is 0 Å². The Bertz CT molecular complexity index is 371. The molecule has 1 aliphatic rings. The maximum atomic E-state index is 11.0. The van der Waals surface area contributed by atoms with Crippen LogP contribution in [0.15, 0.2) is 12.2 Å². The molecule has 28 heavy (non-hydrogen) atoms. The molecule has 3 nitrogen and oxygen atoms in total. The standard InChI is InChI=1S/C16H24O3.9Y/c1-3-4-5-6-7-8-9-10-11-16(2)13(12-17)14(16)15(18)19;;;;;;;;;/h5,9,13-14,17H,3,6-7,10-12H2,1-2H3,(H,18,19);;;;;;;;;/q-2;;;;;;;;;. The van der Waals surface area contributed by atoms with Crippen LogP contribution in [0.5, 0.6) is 0 Å². The summed E-state index contributed by atoms with van der Waals surface area (Å²) >= 11 is 0. The van der Waals surface area contributed by atoms with Crippen LogP contribution in [0.3, 0.4) is 0 Å². The molecule has 0 aromatic heterocycles. The monoisotopic (exact) mass is 1060 g/mol. The minimum Gasteiger partial charge on any atom is -0.501 e. The second kappa shape index (κ2) is 38.0. The average Bonchev–Trinajstić information content (AvgIpc) is 2.98.